The zero-order valence-corrected chi connectivity index (χ0v) is 14.5. The van der Waals surface area contributed by atoms with Crippen LogP contribution in [0.1, 0.15) is 71.6 Å². The monoisotopic (exact) mass is 318 g/mol. The molecule has 4 rings (SSSR count). The Morgan fingerprint density at radius 3 is 2.57 bits per heavy atom. The van der Waals surface area contributed by atoms with Crippen LogP contribution in [-0.2, 0) is 9.59 Å². The molecule has 3 nitrogen and oxygen atoms in total. The molecule has 0 radical (unpaired) electrons. The highest BCUT2D eigenvalue weighted by Gasteiger charge is 2.59. The zero-order chi connectivity index (χ0) is 16.4. The number of aliphatic hydroxyl groups excluding tert-OH is 1. The summed E-state index contributed by atoms with van der Waals surface area (Å²) in [6.45, 7) is 4.57. The van der Waals surface area contributed by atoms with Crippen LogP contribution >= 0.6 is 0 Å². The fourth-order valence-corrected chi connectivity index (χ4v) is 7.01. The summed E-state index contributed by atoms with van der Waals surface area (Å²) in [4.78, 5) is 24.5. The Bertz CT molecular complexity index is 541. The second kappa shape index (κ2) is 5.15. The van der Waals surface area contributed by atoms with Crippen molar-refractivity contribution in [3.05, 3.63) is 0 Å². The van der Waals surface area contributed by atoms with E-state index in [1.54, 1.807) is 0 Å². The lowest BCUT2D eigenvalue weighted by molar-refractivity contribution is -0.135. The van der Waals surface area contributed by atoms with Gasteiger partial charge in [0.25, 0.3) is 0 Å². The first-order valence-electron chi connectivity index (χ1n) is 9.57. The molecule has 128 valence electrons. The molecule has 0 aromatic heterocycles. The standard InChI is InChI=1S/C20H30O3/c1-19-7-5-13(21)9-12(19)10-14(22)11-15-16-3-4-18(23)20(16,2)8-6-17(15)19/h12,14-17,22H,3-11H2,1-2H3/t12?,14?,15-,16+,17+,19+,20+/m1/s1. The van der Waals surface area contributed by atoms with Crippen LogP contribution in [0, 0.1) is 34.5 Å². The molecule has 0 amide bonds. The van der Waals surface area contributed by atoms with E-state index in [0.29, 0.717) is 48.1 Å². The molecule has 2 unspecified atom stereocenters. The molecular weight excluding hydrogens is 288 g/mol. The molecule has 3 heteroatoms. The molecule has 4 aliphatic rings. The third kappa shape index (κ3) is 2.18. The van der Waals surface area contributed by atoms with Gasteiger partial charge in [0.2, 0.25) is 0 Å². The molecule has 23 heavy (non-hydrogen) atoms. The summed E-state index contributed by atoms with van der Waals surface area (Å²) in [5.74, 6) is 2.70. The largest absolute Gasteiger partial charge is 0.393 e. The maximum absolute atomic E-state index is 12.5. The van der Waals surface area contributed by atoms with Gasteiger partial charge in [-0.1, -0.05) is 13.8 Å². The first-order valence-corrected chi connectivity index (χ1v) is 9.57. The van der Waals surface area contributed by atoms with Gasteiger partial charge in [0.15, 0.2) is 0 Å². The summed E-state index contributed by atoms with van der Waals surface area (Å²) < 4.78 is 0. The second-order valence-electron chi connectivity index (χ2n) is 9.37. The van der Waals surface area contributed by atoms with Crippen molar-refractivity contribution in [2.24, 2.45) is 34.5 Å². The van der Waals surface area contributed by atoms with Crippen LogP contribution < -0.4 is 0 Å². The molecule has 4 aliphatic carbocycles. The molecule has 4 fully saturated rings. The lowest BCUT2D eigenvalue weighted by atomic mass is 9.50. The van der Waals surface area contributed by atoms with E-state index in [4.69, 9.17) is 0 Å². The van der Waals surface area contributed by atoms with Crippen LogP contribution in [0.25, 0.3) is 0 Å². The summed E-state index contributed by atoms with van der Waals surface area (Å²) in [5, 5.41) is 10.6. The summed E-state index contributed by atoms with van der Waals surface area (Å²) in [6.07, 6.45) is 7.58. The highest BCUT2D eigenvalue weighted by molar-refractivity contribution is 5.87. The number of aliphatic hydroxyl groups is 1. The lowest BCUT2D eigenvalue weighted by Gasteiger charge is -2.54. The van der Waals surface area contributed by atoms with Crippen LogP contribution in [-0.4, -0.2) is 22.8 Å². The average molecular weight is 318 g/mol. The van der Waals surface area contributed by atoms with Crippen LogP contribution in [0.5, 0.6) is 0 Å². The first kappa shape index (κ1) is 15.8. The number of hydrogen-bond acceptors (Lipinski definition) is 3. The summed E-state index contributed by atoms with van der Waals surface area (Å²) in [7, 11) is 0. The van der Waals surface area contributed by atoms with Gasteiger partial charge >= 0.3 is 0 Å². The van der Waals surface area contributed by atoms with E-state index in [0.717, 1.165) is 44.9 Å². The Balaban J connectivity index is 1.71. The molecule has 0 saturated heterocycles. The molecule has 0 spiro atoms. The third-order valence-electron chi connectivity index (χ3n) is 8.44. The minimum atomic E-state index is -0.293. The van der Waals surface area contributed by atoms with Crippen LogP contribution in [0.4, 0.5) is 0 Å². The van der Waals surface area contributed by atoms with Gasteiger partial charge in [-0.05, 0) is 67.6 Å². The van der Waals surface area contributed by atoms with Crippen molar-refractivity contribution in [2.45, 2.75) is 77.7 Å². The van der Waals surface area contributed by atoms with Gasteiger partial charge < -0.3 is 5.11 Å². The Morgan fingerprint density at radius 1 is 1.00 bits per heavy atom. The average Bonchev–Trinajstić information content (AvgIpc) is 2.73. The third-order valence-corrected chi connectivity index (χ3v) is 8.44. The van der Waals surface area contributed by atoms with E-state index >= 15 is 0 Å². The summed E-state index contributed by atoms with van der Waals surface area (Å²) in [5.41, 5.74) is 0.0462. The molecular formula is C20H30O3. The van der Waals surface area contributed by atoms with E-state index in [2.05, 4.69) is 13.8 Å². The van der Waals surface area contributed by atoms with E-state index in [-0.39, 0.29) is 16.9 Å². The number of hydrogen-bond donors (Lipinski definition) is 1. The molecule has 4 saturated carbocycles. The Labute approximate surface area is 139 Å². The van der Waals surface area contributed by atoms with Crippen LogP contribution in [0.3, 0.4) is 0 Å². The van der Waals surface area contributed by atoms with Crippen LogP contribution in [0.2, 0.25) is 0 Å². The van der Waals surface area contributed by atoms with Gasteiger partial charge in [0.05, 0.1) is 6.10 Å². The first-order chi connectivity index (χ1) is 10.8. The van der Waals surface area contributed by atoms with Crippen molar-refractivity contribution >= 4 is 11.6 Å². The van der Waals surface area contributed by atoms with Gasteiger partial charge in [-0.25, -0.2) is 0 Å². The molecule has 1 N–H and O–H groups in total. The van der Waals surface area contributed by atoms with Gasteiger partial charge in [-0.3, -0.25) is 9.59 Å². The van der Waals surface area contributed by atoms with Crippen molar-refractivity contribution in [1.82, 2.24) is 0 Å². The molecule has 0 bridgehead atoms. The van der Waals surface area contributed by atoms with Gasteiger partial charge in [-0.15, -0.1) is 0 Å². The number of ketones is 2. The van der Waals surface area contributed by atoms with Crippen molar-refractivity contribution in [2.75, 3.05) is 0 Å². The second-order valence-corrected chi connectivity index (χ2v) is 9.37. The van der Waals surface area contributed by atoms with Crippen molar-refractivity contribution < 1.29 is 14.7 Å². The van der Waals surface area contributed by atoms with E-state index in [1.165, 1.54) is 0 Å². The summed E-state index contributed by atoms with van der Waals surface area (Å²) >= 11 is 0. The van der Waals surface area contributed by atoms with Crippen molar-refractivity contribution in [3.63, 3.8) is 0 Å². The SMILES string of the molecule is C[C@]12CCC(=O)CC1CC(O)C[C@H]1[C@@H]2CC[C@]2(C)C(=O)CC[C@@H]12. The van der Waals surface area contributed by atoms with E-state index in [1.807, 2.05) is 0 Å². The van der Waals surface area contributed by atoms with Crippen molar-refractivity contribution in [1.29, 1.82) is 0 Å². The number of rotatable bonds is 0. The fourth-order valence-electron chi connectivity index (χ4n) is 7.01. The Hall–Kier alpha value is -0.700. The zero-order valence-electron chi connectivity index (χ0n) is 14.5. The van der Waals surface area contributed by atoms with Crippen molar-refractivity contribution in [3.8, 4) is 0 Å². The number of Topliss-reactive ketones (excluding diaryl/α,β-unsaturated/α-hetero) is 2. The van der Waals surface area contributed by atoms with Gasteiger partial charge in [0, 0.05) is 24.7 Å². The number of fused-ring (bicyclic) bond motifs is 5. The molecule has 0 aromatic rings. The number of carbonyl (C=O) groups excluding carboxylic acids is 2. The van der Waals surface area contributed by atoms with E-state index < -0.39 is 0 Å². The van der Waals surface area contributed by atoms with Crippen LogP contribution in [0.15, 0.2) is 0 Å². The van der Waals surface area contributed by atoms with Gasteiger partial charge in [-0.2, -0.15) is 0 Å². The molecule has 0 aliphatic heterocycles. The maximum atomic E-state index is 12.5. The highest BCUT2D eigenvalue weighted by Crippen LogP contribution is 2.63. The fraction of sp³-hybridized carbons (Fsp3) is 0.900. The highest BCUT2D eigenvalue weighted by atomic mass is 16.3. The predicted molar refractivity (Wildman–Crippen MR) is 87.7 cm³/mol. The summed E-state index contributed by atoms with van der Waals surface area (Å²) in [6, 6.07) is 0. The van der Waals surface area contributed by atoms with Gasteiger partial charge in [0.1, 0.15) is 11.6 Å². The number of carbonyl (C=O) groups is 2. The smallest absolute Gasteiger partial charge is 0.139 e. The Kier molecular flexibility index (Phi) is 3.54. The predicted octanol–water partition coefficient (Wildman–Crippen LogP) is 3.53. The van der Waals surface area contributed by atoms with E-state index in [9.17, 15) is 14.7 Å². The minimum absolute atomic E-state index is 0.137. The molecule has 7 atom stereocenters. The maximum Gasteiger partial charge on any atom is 0.139 e. The minimum Gasteiger partial charge on any atom is -0.393 e. The topological polar surface area (TPSA) is 54.4 Å². The normalized spacial score (nSPS) is 53.3. The quantitative estimate of drug-likeness (QED) is 0.743. The lowest BCUT2D eigenvalue weighted by Crippen LogP contribution is -2.49. The molecule has 0 aromatic carbocycles. The Morgan fingerprint density at radius 2 is 1.78 bits per heavy atom. The molecule has 0 heterocycles.